The number of hydrogen-bond donors (Lipinski definition) is 0. The number of nitrogens with zero attached hydrogens (tertiary/aromatic N) is 4. The molecule has 0 atom stereocenters. The van der Waals surface area contributed by atoms with Gasteiger partial charge in [0.05, 0.1) is 5.69 Å². The van der Waals surface area contributed by atoms with Crippen LogP contribution in [0.25, 0.3) is 11.4 Å². The normalized spacial score (nSPS) is 14.4. The summed E-state index contributed by atoms with van der Waals surface area (Å²) in [6, 6.07) is 12.7. The van der Waals surface area contributed by atoms with E-state index < -0.39 is 0 Å². The van der Waals surface area contributed by atoms with Crippen LogP contribution in [0.1, 0.15) is 22.4 Å². The van der Waals surface area contributed by atoms with Crippen molar-refractivity contribution < 1.29 is 0 Å². The Morgan fingerprint density at radius 2 is 2.08 bits per heavy atom. The van der Waals surface area contributed by atoms with Gasteiger partial charge in [0, 0.05) is 43.8 Å². The number of fused-ring (bicyclic) bond motifs is 1. The summed E-state index contributed by atoms with van der Waals surface area (Å²) in [6.45, 7) is 5.03. The molecular formula is C20H20N4. The fourth-order valence-corrected chi connectivity index (χ4v) is 3.20. The van der Waals surface area contributed by atoms with E-state index in [4.69, 9.17) is 4.98 Å². The minimum atomic E-state index is 0.763. The van der Waals surface area contributed by atoms with Gasteiger partial charge < -0.3 is 0 Å². The largest absolute Gasteiger partial charge is 0.293 e. The highest BCUT2D eigenvalue weighted by atomic mass is 15.1. The van der Waals surface area contributed by atoms with Crippen LogP contribution in [0.2, 0.25) is 0 Å². The molecule has 1 aliphatic rings. The van der Waals surface area contributed by atoms with E-state index in [0.717, 1.165) is 43.1 Å². The van der Waals surface area contributed by atoms with E-state index >= 15 is 0 Å². The first-order chi connectivity index (χ1) is 11.8. The van der Waals surface area contributed by atoms with Crippen molar-refractivity contribution in [1.29, 1.82) is 0 Å². The zero-order valence-electron chi connectivity index (χ0n) is 13.8. The van der Waals surface area contributed by atoms with Gasteiger partial charge in [-0.05, 0) is 36.6 Å². The molecule has 0 amide bonds. The Balaban J connectivity index is 1.55. The molecule has 1 aromatic carbocycles. The molecule has 2 aromatic heterocycles. The van der Waals surface area contributed by atoms with E-state index in [2.05, 4.69) is 46.1 Å². The zero-order chi connectivity index (χ0) is 16.4. The minimum absolute atomic E-state index is 0.763. The van der Waals surface area contributed by atoms with Crippen LogP contribution in [0.15, 0.2) is 55.0 Å². The van der Waals surface area contributed by atoms with E-state index in [1.54, 1.807) is 6.20 Å². The fraction of sp³-hybridized carbons (Fsp3) is 0.250. The summed E-state index contributed by atoms with van der Waals surface area (Å²) in [5, 5.41) is 0. The summed E-state index contributed by atoms with van der Waals surface area (Å²) in [7, 11) is 0. The Kier molecular flexibility index (Phi) is 4.05. The van der Waals surface area contributed by atoms with Gasteiger partial charge in [-0.1, -0.05) is 29.8 Å². The molecule has 1 aliphatic heterocycles. The highest BCUT2D eigenvalue weighted by Gasteiger charge is 2.19. The molecule has 0 saturated carbocycles. The molecule has 0 radical (unpaired) electrons. The van der Waals surface area contributed by atoms with Gasteiger partial charge in [0.25, 0.3) is 0 Å². The molecule has 0 aliphatic carbocycles. The number of benzene rings is 1. The molecule has 0 bridgehead atoms. The van der Waals surface area contributed by atoms with Crippen molar-refractivity contribution in [3.8, 4) is 11.4 Å². The van der Waals surface area contributed by atoms with Gasteiger partial charge in [-0.25, -0.2) is 9.97 Å². The lowest BCUT2D eigenvalue weighted by Gasteiger charge is -2.28. The van der Waals surface area contributed by atoms with Crippen LogP contribution in [-0.4, -0.2) is 26.4 Å². The van der Waals surface area contributed by atoms with Gasteiger partial charge in [0.1, 0.15) is 0 Å². The summed E-state index contributed by atoms with van der Waals surface area (Å²) in [6.07, 6.45) is 6.57. The van der Waals surface area contributed by atoms with Crippen LogP contribution in [-0.2, 0) is 19.5 Å². The van der Waals surface area contributed by atoms with Gasteiger partial charge in [-0.15, -0.1) is 0 Å². The Morgan fingerprint density at radius 3 is 2.92 bits per heavy atom. The third kappa shape index (κ3) is 3.19. The maximum atomic E-state index is 4.80. The molecule has 4 nitrogen and oxygen atoms in total. The average molecular weight is 316 g/mol. The molecule has 0 spiro atoms. The average Bonchev–Trinajstić information content (AvgIpc) is 2.62. The Bertz CT molecular complexity index is 845. The number of aromatic nitrogens is 3. The van der Waals surface area contributed by atoms with E-state index in [1.807, 2.05) is 24.5 Å². The highest BCUT2D eigenvalue weighted by molar-refractivity contribution is 5.53. The predicted molar refractivity (Wildman–Crippen MR) is 94.3 cm³/mol. The van der Waals surface area contributed by atoms with Crippen LogP contribution < -0.4 is 0 Å². The second-order valence-corrected chi connectivity index (χ2v) is 6.36. The van der Waals surface area contributed by atoms with Crippen LogP contribution in [0.3, 0.4) is 0 Å². The number of hydrogen-bond acceptors (Lipinski definition) is 4. The predicted octanol–water partition coefficient (Wildman–Crippen LogP) is 3.41. The fourth-order valence-electron chi connectivity index (χ4n) is 3.20. The minimum Gasteiger partial charge on any atom is -0.293 e. The van der Waals surface area contributed by atoms with Crippen molar-refractivity contribution in [3.05, 3.63) is 77.4 Å². The lowest BCUT2D eigenvalue weighted by atomic mass is 10.0. The Labute approximate surface area is 142 Å². The molecular weight excluding hydrogens is 296 g/mol. The van der Waals surface area contributed by atoms with Crippen LogP contribution in [0, 0.1) is 6.92 Å². The standard InChI is InChI=1S/C20H20N4/c1-15-4-2-5-16(10-15)13-24-9-7-17-12-22-20(23-19(17)14-24)18-6-3-8-21-11-18/h2-6,8,10-12H,7,9,13-14H2,1H3. The molecule has 0 saturated heterocycles. The van der Waals surface area contributed by atoms with Crippen molar-refractivity contribution in [2.24, 2.45) is 0 Å². The zero-order valence-corrected chi connectivity index (χ0v) is 13.8. The molecule has 3 aromatic rings. The number of pyridine rings is 1. The first-order valence-corrected chi connectivity index (χ1v) is 8.31. The second-order valence-electron chi connectivity index (χ2n) is 6.36. The number of aryl methyl sites for hydroxylation is 1. The molecule has 0 fully saturated rings. The highest BCUT2D eigenvalue weighted by Crippen LogP contribution is 2.21. The SMILES string of the molecule is Cc1cccc(CN2CCc3cnc(-c4cccnc4)nc3C2)c1. The smallest absolute Gasteiger partial charge is 0.160 e. The summed E-state index contributed by atoms with van der Waals surface area (Å²) in [5.74, 6) is 0.763. The van der Waals surface area contributed by atoms with Gasteiger partial charge in [-0.2, -0.15) is 0 Å². The van der Waals surface area contributed by atoms with Gasteiger partial charge in [0.2, 0.25) is 0 Å². The van der Waals surface area contributed by atoms with E-state index in [-0.39, 0.29) is 0 Å². The number of rotatable bonds is 3. The molecule has 4 heteroatoms. The molecule has 24 heavy (non-hydrogen) atoms. The lowest BCUT2D eigenvalue weighted by molar-refractivity contribution is 0.241. The monoisotopic (exact) mass is 316 g/mol. The summed E-state index contributed by atoms with van der Waals surface area (Å²) in [4.78, 5) is 15.9. The maximum absolute atomic E-state index is 4.80. The summed E-state index contributed by atoms with van der Waals surface area (Å²) in [5.41, 5.74) is 6.05. The third-order valence-electron chi connectivity index (χ3n) is 4.43. The van der Waals surface area contributed by atoms with E-state index in [0.29, 0.717) is 0 Å². The van der Waals surface area contributed by atoms with Crippen LogP contribution in [0.4, 0.5) is 0 Å². The van der Waals surface area contributed by atoms with E-state index in [1.165, 1.54) is 16.7 Å². The first-order valence-electron chi connectivity index (χ1n) is 8.31. The molecule has 4 rings (SSSR count). The lowest BCUT2D eigenvalue weighted by Crippen LogP contribution is -2.31. The maximum Gasteiger partial charge on any atom is 0.160 e. The summed E-state index contributed by atoms with van der Waals surface area (Å²) < 4.78 is 0. The Morgan fingerprint density at radius 1 is 1.12 bits per heavy atom. The van der Waals surface area contributed by atoms with Crippen LogP contribution in [0.5, 0.6) is 0 Å². The third-order valence-corrected chi connectivity index (χ3v) is 4.43. The van der Waals surface area contributed by atoms with Gasteiger partial charge in [0.15, 0.2) is 5.82 Å². The van der Waals surface area contributed by atoms with E-state index in [9.17, 15) is 0 Å². The van der Waals surface area contributed by atoms with Crippen molar-refractivity contribution in [2.75, 3.05) is 6.54 Å². The quantitative estimate of drug-likeness (QED) is 0.742. The van der Waals surface area contributed by atoms with Crippen molar-refractivity contribution in [2.45, 2.75) is 26.4 Å². The van der Waals surface area contributed by atoms with Gasteiger partial charge >= 0.3 is 0 Å². The van der Waals surface area contributed by atoms with Crippen molar-refractivity contribution >= 4 is 0 Å². The molecule has 120 valence electrons. The Hall–Kier alpha value is -2.59. The van der Waals surface area contributed by atoms with Crippen molar-refractivity contribution in [1.82, 2.24) is 19.9 Å². The first kappa shape index (κ1) is 15.0. The second kappa shape index (κ2) is 6.49. The molecule has 0 unspecified atom stereocenters. The summed E-state index contributed by atoms with van der Waals surface area (Å²) >= 11 is 0. The molecule has 0 N–H and O–H groups in total. The van der Waals surface area contributed by atoms with Crippen molar-refractivity contribution in [3.63, 3.8) is 0 Å². The van der Waals surface area contributed by atoms with Gasteiger partial charge in [-0.3, -0.25) is 9.88 Å². The molecule has 3 heterocycles. The topological polar surface area (TPSA) is 41.9 Å². The van der Waals surface area contributed by atoms with Crippen LogP contribution >= 0.6 is 0 Å².